The molecule has 2 heterocycles. The van der Waals surface area contributed by atoms with Crippen molar-refractivity contribution in [2.24, 2.45) is 5.73 Å². The molecule has 7 nitrogen and oxygen atoms in total. The maximum absolute atomic E-state index is 12.3. The van der Waals surface area contributed by atoms with Crippen molar-refractivity contribution < 1.29 is 4.79 Å². The lowest BCUT2D eigenvalue weighted by molar-refractivity contribution is -0.117. The van der Waals surface area contributed by atoms with E-state index in [9.17, 15) is 15.3 Å². The van der Waals surface area contributed by atoms with Gasteiger partial charge in [-0.2, -0.15) is 10.5 Å². The third kappa shape index (κ3) is 4.36. The summed E-state index contributed by atoms with van der Waals surface area (Å²) < 4.78 is 0. The van der Waals surface area contributed by atoms with Crippen LogP contribution in [-0.4, -0.2) is 36.6 Å². The van der Waals surface area contributed by atoms with Gasteiger partial charge in [0.25, 0.3) is 0 Å². The summed E-state index contributed by atoms with van der Waals surface area (Å²) in [7, 11) is 0. The Morgan fingerprint density at radius 3 is 2.55 bits per heavy atom. The smallest absolute Gasteiger partial charge is 0.235 e. The third-order valence-electron chi connectivity index (χ3n) is 5.65. The normalized spacial score (nSPS) is 19.3. The van der Waals surface area contributed by atoms with Gasteiger partial charge >= 0.3 is 0 Å². The molecule has 1 saturated heterocycles. The number of nitriles is 2. The Morgan fingerprint density at radius 1 is 1.26 bits per heavy atom. The van der Waals surface area contributed by atoms with Crippen LogP contribution in [0.1, 0.15) is 53.2 Å². The van der Waals surface area contributed by atoms with Crippen LogP contribution in [0.15, 0.2) is 35.4 Å². The molecule has 0 radical (unpaired) electrons. The number of anilines is 1. The number of nitrogens with one attached hydrogen (secondary N) is 1. The minimum absolute atomic E-state index is 0.189. The molecule has 2 aliphatic rings. The fourth-order valence-corrected chi connectivity index (χ4v) is 5.08. The molecule has 31 heavy (non-hydrogen) atoms. The highest BCUT2D eigenvalue weighted by atomic mass is 32.2. The summed E-state index contributed by atoms with van der Waals surface area (Å²) in [5.74, 6) is 0.307. The fraction of sp³-hybridized carbons (Fsp3) is 0.391. The highest BCUT2D eigenvalue weighted by Gasteiger charge is 2.35. The second-order valence-electron chi connectivity index (χ2n) is 8.01. The van der Waals surface area contributed by atoms with Crippen molar-refractivity contribution in [3.05, 3.63) is 52.6 Å². The molecule has 1 aliphatic carbocycles. The van der Waals surface area contributed by atoms with Crippen molar-refractivity contribution in [2.45, 2.75) is 42.0 Å². The van der Waals surface area contributed by atoms with Crippen LogP contribution < -0.4 is 16.0 Å². The molecule has 8 heteroatoms. The van der Waals surface area contributed by atoms with Crippen LogP contribution in [-0.2, 0) is 4.79 Å². The van der Waals surface area contributed by atoms with Gasteiger partial charge in [-0.15, -0.1) is 0 Å². The van der Waals surface area contributed by atoms with Crippen LogP contribution in [0.25, 0.3) is 0 Å². The third-order valence-corrected chi connectivity index (χ3v) is 6.91. The van der Waals surface area contributed by atoms with Crippen molar-refractivity contribution in [1.82, 2.24) is 10.3 Å². The van der Waals surface area contributed by atoms with Gasteiger partial charge in [0.05, 0.1) is 11.1 Å². The minimum Gasteiger partial charge on any atom is -0.368 e. The molecular formula is C23H24N6OS. The summed E-state index contributed by atoms with van der Waals surface area (Å²) in [6.45, 7) is 4.34. The first-order valence-electron chi connectivity index (χ1n) is 10.4. The number of carbonyl (C=O) groups is 1. The van der Waals surface area contributed by atoms with E-state index < -0.39 is 11.2 Å². The molecule has 3 N–H and O–H groups in total. The van der Waals surface area contributed by atoms with Crippen molar-refractivity contribution in [1.29, 1.82) is 10.5 Å². The highest BCUT2D eigenvalue weighted by Crippen LogP contribution is 2.48. The summed E-state index contributed by atoms with van der Waals surface area (Å²) in [6, 6.07) is 14.1. The van der Waals surface area contributed by atoms with Crippen molar-refractivity contribution in [3.8, 4) is 12.1 Å². The summed E-state index contributed by atoms with van der Waals surface area (Å²) in [5.41, 5.74) is 8.17. The zero-order chi connectivity index (χ0) is 22.0. The van der Waals surface area contributed by atoms with E-state index in [2.05, 4.69) is 29.3 Å². The summed E-state index contributed by atoms with van der Waals surface area (Å²) >= 11 is 1.20. The number of benzene rings is 1. The molecule has 1 aliphatic heterocycles. The molecule has 2 fully saturated rings. The van der Waals surface area contributed by atoms with Gasteiger partial charge in [-0.1, -0.05) is 42.1 Å². The largest absolute Gasteiger partial charge is 0.368 e. The van der Waals surface area contributed by atoms with E-state index >= 15 is 0 Å². The van der Waals surface area contributed by atoms with E-state index in [1.807, 2.05) is 30.3 Å². The number of aromatic nitrogens is 1. The molecule has 158 valence electrons. The molecule has 1 aromatic carbocycles. The molecule has 1 amide bonds. The number of nitrogens with two attached hydrogens (primary N) is 1. The molecule has 2 aromatic rings. The zero-order valence-electron chi connectivity index (χ0n) is 17.3. The van der Waals surface area contributed by atoms with Gasteiger partial charge in [-0.25, -0.2) is 4.98 Å². The lowest BCUT2D eigenvalue weighted by Crippen LogP contribution is -2.49. The van der Waals surface area contributed by atoms with Crippen LogP contribution in [0.4, 0.5) is 5.82 Å². The van der Waals surface area contributed by atoms with Crippen molar-refractivity contribution in [2.75, 3.05) is 24.5 Å². The number of hydrogen-bond donors (Lipinski definition) is 2. The Labute approximate surface area is 186 Å². The van der Waals surface area contributed by atoms with Gasteiger partial charge in [-0.05, 0) is 36.8 Å². The number of hydrogen-bond acceptors (Lipinski definition) is 7. The first-order chi connectivity index (χ1) is 15.0. The van der Waals surface area contributed by atoms with Gasteiger partial charge in [0.15, 0.2) is 0 Å². The average Bonchev–Trinajstić information content (AvgIpc) is 3.62. The number of thioether (sulfide) groups is 1. The van der Waals surface area contributed by atoms with E-state index in [0.717, 1.165) is 43.6 Å². The topological polar surface area (TPSA) is 119 Å². The van der Waals surface area contributed by atoms with Crippen LogP contribution in [0.5, 0.6) is 0 Å². The maximum atomic E-state index is 12.3. The summed E-state index contributed by atoms with van der Waals surface area (Å²) in [5, 5.41) is 23.2. The molecule has 2 unspecified atom stereocenters. The number of rotatable bonds is 6. The van der Waals surface area contributed by atoms with Gasteiger partial charge in [-0.3, -0.25) is 4.79 Å². The van der Waals surface area contributed by atoms with Crippen LogP contribution in [0.3, 0.4) is 0 Å². The Kier molecular flexibility index (Phi) is 6.13. The van der Waals surface area contributed by atoms with Gasteiger partial charge in [0, 0.05) is 25.7 Å². The monoisotopic (exact) mass is 432 g/mol. The summed E-state index contributed by atoms with van der Waals surface area (Å²) in [4.78, 5) is 19.2. The Balaban J connectivity index is 1.84. The number of piperazine rings is 1. The van der Waals surface area contributed by atoms with E-state index in [1.54, 1.807) is 0 Å². The fourth-order valence-electron chi connectivity index (χ4n) is 4.04. The van der Waals surface area contributed by atoms with Crippen LogP contribution in [0.2, 0.25) is 0 Å². The zero-order valence-corrected chi connectivity index (χ0v) is 18.2. The van der Waals surface area contributed by atoms with Gasteiger partial charge < -0.3 is 16.0 Å². The van der Waals surface area contributed by atoms with Crippen molar-refractivity contribution >= 4 is 23.5 Å². The molecule has 0 spiro atoms. The molecule has 1 saturated carbocycles. The second kappa shape index (κ2) is 8.97. The van der Waals surface area contributed by atoms with Crippen LogP contribution >= 0.6 is 11.8 Å². The number of carbonyl (C=O) groups excluding carboxylic acids is 1. The van der Waals surface area contributed by atoms with E-state index in [-0.39, 0.29) is 12.0 Å². The lowest BCUT2D eigenvalue weighted by atomic mass is 9.99. The van der Waals surface area contributed by atoms with E-state index in [4.69, 9.17) is 10.7 Å². The van der Waals surface area contributed by atoms with Crippen molar-refractivity contribution in [3.63, 3.8) is 0 Å². The molecule has 1 aromatic heterocycles. The van der Waals surface area contributed by atoms with E-state index in [1.165, 1.54) is 11.8 Å². The predicted octanol–water partition coefficient (Wildman–Crippen LogP) is 2.82. The maximum Gasteiger partial charge on any atom is 0.235 e. The van der Waals surface area contributed by atoms with Gasteiger partial charge in [0.2, 0.25) is 5.91 Å². The molecule has 2 atom stereocenters. The Bertz CT molecular complexity index is 1070. The van der Waals surface area contributed by atoms with E-state index in [0.29, 0.717) is 22.0 Å². The first-order valence-corrected chi connectivity index (χ1v) is 11.3. The quantitative estimate of drug-likeness (QED) is 0.674. The standard InChI is InChI=1S/C23H24N6OS/c1-14-13-29(10-9-27-14)22-17(11-24)19(15-7-8-15)18(12-25)23(28-22)31-20(21(26)30)16-5-3-2-4-6-16/h2-6,14-15,20,27H,7-10,13H2,1H3,(H2,26,30). The predicted molar refractivity (Wildman–Crippen MR) is 120 cm³/mol. The second-order valence-corrected chi connectivity index (χ2v) is 9.11. The van der Waals surface area contributed by atoms with Gasteiger partial charge in [0.1, 0.15) is 28.2 Å². The molecule has 0 bridgehead atoms. The Morgan fingerprint density at radius 2 is 1.97 bits per heavy atom. The summed E-state index contributed by atoms with van der Waals surface area (Å²) in [6.07, 6.45) is 1.90. The average molecular weight is 433 g/mol. The van der Waals surface area contributed by atoms with Crippen LogP contribution in [0, 0.1) is 22.7 Å². The Hall–Kier alpha value is -3.07. The molecule has 4 rings (SSSR count). The SMILES string of the molecule is CC1CN(c2nc(SC(C(N)=O)c3ccccc3)c(C#N)c(C3CC3)c2C#N)CCN1. The lowest BCUT2D eigenvalue weighted by Gasteiger charge is -2.34. The minimum atomic E-state index is -0.671. The number of pyridine rings is 1. The number of primary amides is 1. The number of amides is 1. The highest BCUT2D eigenvalue weighted by molar-refractivity contribution is 8.00. The first kappa shape index (κ1) is 21.2. The number of nitrogens with zero attached hydrogens (tertiary/aromatic N) is 4. The molecular weight excluding hydrogens is 408 g/mol.